The number of hydrogen-bond donors (Lipinski definition) is 1. The fourth-order valence-electron chi connectivity index (χ4n) is 1.97. The van der Waals surface area contributed by atoms with Gasteiger partial charge in [0.05, 0.1) is 26.9 Å². The van der Waals surface area contributed by atoms with Crippen LogP contribution in [0, 0.1) is 0 Å². The Bertz CT molecular complexity index is 633. The molecular formula is C15H17N3O3. The van der Waals surface area contributed by atoms with Crippen molar-refractivity contribution in [1.82, 2.24) is 10.2 Å². The zero-order valence-electron chi connectivity index (χ0n) is 12.2. The van der Waals surface area contributed by atoms with Crippen LogP contribution in [0.2, 0.25) is 0 Å². The van der Waals surface area contributed by atoms with E-state index in [9.17, 15) is 0 Å². The number of anilines is 1. The normalized spacial score (nSPS) is 9.86. The molecule has 0 fully saturated rings. The Labute approximate surface area is 123 Å². The second kappa shape index (κ2) is 6.60. The molecule has 2 aromatic rings. The quantitative estimate of drug-likeness (QED) is 0.848. The number of nitrogen functional groups attached to an aromatic ring is 1. The Morgan fingerprint density at radius 1 is 0.952 bits per heavy atom. The molecule has 1 aromatic heterocycles. The van der Waals surface area contributed by atoms with Gasteiger partial charge in [-0.05, 0) is 18.2 Å². The summed E-state index contributed by atoms with van der Waals surface area (Å²) in [7, 11) is 4.66. The number of methoxy groups -OCH3 is 3. The average molecular weight is 287 g/mol. The Balaban J connectivity index is 2.67. The summed E-state index contributed by atoms with van der Waals surface area (Å²) in [5, 5.41) is 7.97. The van der Waals surface area contributed by atoms with E-state index in [1.54, 1.807) is 19.2 Å². The second-order valence-corrected chi connectivity index (χ2v) is 4.11. The topological polar surface area (TPSA) is 79.5 Å². The predicted octanol–water partition coefficient (Wildman–Crippen LogP) is 2.08. The van der Waals surface area contributed by atoms with Gasteiger partial charge in [0.25, 0.3) is 5.95 Å². The number of benzene rings is 1. The molecule has 0 bridgehead atoms. The van der Waals surface area contributed by atoms with Gasteiger partial charge in [-0.15, -0.1) is 10.2 Å². The van der Waals surface area contributed by atoms with Crippen molar-refractivity contribution in [2.75, 3.05) is 27.1 Å². The Morgan fingerprint density at radius 3 is 2.24 bits per heavy atom. The number of hydrogen-bond acceptors (Lipinski definition) is 6. The molecule has 110 valence electrons. The highest BCUT2D eigenvalue weighted by molar-refractivity contribution is 5.81. The Hall–Kier alpha value is -2.76. The third-order valence-electron chi connectivity index (χ3n) is 2.89. The Morgan fingerprint density at radius 2 is 1.67 bits per heavy atom. The van der Waals surface area contributed by atoms with Crippen molar-refractivity contribution in [3.63, 3.8) is 0 Å². The molecule has 0 aliphatic carbocycles. The maximum Gasteiger partial charge on any atom is 0.289 e. The van der Waals surface area contributed by atoms with Crippen molar-refractivity contribution in [1.29, 1.82) is 0 Å². The first-order chi connectivity index (χ1) is 10.2. The molecule has 0 saturated carbocycles. The summed E-state index contributed by atoms with van der Waals surface area (Å²) in [6.07, 6.45) is 0. The van der Waals surface area contributed by atoms with Gasteiger partial charge in [0, 0.05) is 5.56 Å². The summed E-state index contributed by atoms with van der Waals surface area (Å²) in [6, 6.07) is 10.9. The average Bonchev–Trinajstić information content (AvgIpc) is 2.53. The number of para-hydroxylation sites is 1. The highest BCUT2D eigenvalue weighted by Gasteiger charge is 2.19. The van der Waals surface area contributed by atoms with Crippen LogP contribution >= 0.6 is 0 Å². The smallest absolute Gasteiger partial charge is 0.289 e. The second-order valence-electron chi connectivity index (χ2n) is 4.11. The van der Waals surface area contributed by atoms with E-state index in [0.717, 1.165) is 5.56 Å². The maximum absolute atomic E-state index is 5.59. The van der Waals surface area contributed by atoms with Crippen LogP contribution in [0.5, 0.6) is 5.75 Å². The maximum atomic E-state index is 5.59. The fraction of sp³-hybridized carbons (Fsp3) is 0.200. The summed E-state index contributed by atoms with van der Waals surface area (Å²) in [6.45, 7) is 0. The molecule has 0 atom stereocenters. The predicted molar refractivity (Wildman–Crippen MR) is 79.5 cm³/mol. The summed E-state index contributed by atoms with van der Waals surface area (Å²) in [5.74, 6) is 1.34. The molecule has 2 N–H and O–H groups in total. The van der Waals surface area contributed by atoms with E-state index >= 15 is 0 Å². The lowest BCUT2D eigenvalue weighted by molar-refractivity contribution is 0.0981. The van der Waals surface area contributed by atoms with Crippen molar-refractivity contribution >= 4 is 11.4 Å². The molecular weight excluding hydrogens is 270 g/mol. The van der Waals surface area contributed by atoms with Crippen molar-refractivity contribution < 1.29 is 14.2 Å². The van der Waals surface area contributed by atoms with Crippen molar-refractivity contribution in [2.24, 2.45) is 0 Å². The van der Waals surface area contributed by atoms with Crippen LogP contribution in [0.15, 0.2) is 42.3 Å². The van der Waals surface area contributed by atoms with Gasteiger partial charge in [0.15, 0.2) is 0 Å². The van der Waals surface area contributed by atoms with Crippen molar-refractivity contribution in [2.45, 2.75) is 0 Å². The molecule has 1 aromatic carbocycles. The third kappa shape index (κ3) is 3.05. The van der Waals surface area contributed by atoms with Crippen LogP contribution in [0.3, 0.4) is 0 Å². The van der Waals surface area contributed by atoms with E-state index < -0.39 is 0 Å². The lowest BCUT2D eigenvalue weighted by atomic mass is 10.0. The summed E-state index contributed by atoms with van der Waals surface area (Å²) < 4.78 is 16.0. The van der Waals surface area contributed by atoms with Gasteiger partial charge < -0.3 is 19.9 Å². The summed E-state index contributed by atoms with van der Waals surface area (Å²) in [4.78, 5) is 0. The van der Waals surface area contributed by atoms with Crippen LogP contribution in [-0.2, 0) is 9.47 Å². The third-order valence-corrected chi connectivity index (χ3v) is 2.89. The first-order valence-electron chi connectivity index (χ1n) is 6.26. The molecule has 2 rings (SSSR count). The molecule has 0 spiro atoms. The Kier molecular flexibility index (Phi) is 4.61. The van der Waals surface area contributed by atoms with Crippen LogP contribution in [0.4, 0.5) is 5.82 Å². The zero-order chi connectivity index (χ0) is 15.2. The number of ether oxygens (including phenoxy) is 3. The van der Waals surface area contributed by atoms with E-state index in [1.807, 2.05) is 24.3 Å². The van der Waals surface area contributed by atoms with E-state index in [1.165, 1.54) is 14.2 Å². The van der Waals surface area contributed by atoms with Crippen LogP contribution < -0.4 is 10.5 Å². The van der Waals surface area contributed by atoms with Gasteiger partial charge in [0.1, 0.15) is 17.3 Å². The molecule has 0 radical (unpaired) electrons. The van der Waals surface area contributed by atoms with E-state index in [0.29, 0.717) is 28.8 Å². The van der Waals surface area contributed by atoms with Crippen LogP contribution in [0.1, 0.15) is 11.3 Å². The number of nitrogens with two attached hydrogens (primary N) is 1. The first-order valence-corrected chi connectivity index (χ1v) is 6.26. The molecule has 0 amide bonds. The molecule has 0 saturated heterocycles. The fourth-order valence-corrected chi connectivity index (χ4v) is 1.97. The number of rotatable bonds is 5. The van der Waals surface area contributed by atoms with Crippen molar-refractivity contribution in [3.05, 3.63) is 53.6 Å². The van der Waals surface area contributed by atoms with E-state index in [2.05, 4.69) is 10.2 Å². The summed E-state index contributed by atoms with van der Waals surface area (Å²) in [5.41, 5.74) is 7.60. The molecule has 21 heavy (non-hydrogen) atoms. The molecule has 6 nitrogen and oxygen atoms in total. The van der Waals surface area contributed by atoms with Crippen LogP contribution in [-0.4, -0.2) is 31.5 Å². The van der Waals surface area contributed by atoms with Crippen LogP contribution in [0.25, 0.3) is 5.57 Å². The van der Waals surface area contributed by atoms with Crippen molar-refractivity contribution in [3.8, 4) is 5.75 Å². The lowest BCUT2D eigenvalue weighted by Crippen LogP contribution is -2.04. The highest BCUT2D eigenvalue weighted by atomic mass is 16.7. The standard InChI is InChI=1S/C15H17N3O3/c1-19-12-7-5-4-6-10(12)14(15(20-2)21-3)11-8-9-13(16)18-17-11/h4-9H,1-3H3,(H2,16,18). The van der Waals surface area contributed by atoms with E-state index in [4.69, 9.17) is 19.9 Å². The number of nitrogens with zero attached hydrogens (tertiary/aromatic N) is 2. The SMILES string of the molecule is COC(OC)=C(c1ccc(N)nn1)c1ccccc1OC. The van der Waals surface area contributed by atoms with Gasteiger partial charge in [0.2, 0.25) is 0 Å². The molecule has 0 aliphatic rings. The largest absolute Gasteiger partial charge is 0.496 e. The molecule has 6 heteroatoms. The zero-order valence-corrected chi connectivity index (χ0v) is 12.2. The van der Waals surface area contributed by atoms with Gasteiger partial charge >= 0.3 is 0 Å². The highest BCUT2D eigenvalue weighted by Crippen LogP contribution is 2.32. The monoisotopic (exact) mass is 287 g/mol. The van der Waals surface area contributed by atoms with Gasteiger partial charge in [-0.3, -0.25) is 0 Å². The van der Waals surface area contributed by atoms with Gasteiger partial charge in [-0.25, -0.2) is 0 Å². The number of aromatic nitrogens is 2. The minimum Gasteiger partial charge on any atom is -0.496 e. The molecule has 0 unspecified atom stereocenters. The summed E-state index contributed by atoms with van der Waals surface area (Å²) >= 11 is 0. The molecule has 0 aliphatic heterocycles. The minimum atomic E-state index is 0.318. The molecule has 1 heterocycles. The first kappa shape index (κ1) is 14.6. The van der Waals surface area contributed by atoms with Gasteiger partial charge in [-0.2, -0.15) is 0 Å². The van der Waals surface area contributed by atoms with Gasteiger partial charge in [-0.1, -0.05) is 18.2 Å². The lowest BCUT2D eigenvalue weighted by Gasteiger charge is -2.15. The van der Waals surface area contributed by atoms with E-state index in [-0.39, 0.29) is 0 Å². The minimum absolute atomic E-state index is 0.318.